The van der Waals surface area contributed by atoms with Crippen molar-refractivity contribution in [2.24, 2.45) is 5.41 Å². The van der Waals surface area contributed by atoms with Gasteiger partial charge in [0.05, 0.1) is 6.42 Å². The Hall–Kier alpha value is -0.570. The molecule has 1 aliphatic rings. The summed E-state index contributed by atoms with van der Waals surface area (Å²) < 4.78 is 5.05. The first-order chi connectivity index (χ1) is 5.23. The maximum atomic E-state index is 10.9. The number of hydrogen-bond acceptors (Lipinski definition) is 3. The summed E-state index contributed by atoms with van der Waals surface area (Å²) in [5, 5.41) is 9.81. The number of cyclic esters (lactones) is 1. The van der Waals surface area contributed by atoms with E-state index in [0.717, 1.165) is 0 Å². The molecule has 1 rings (SSSR count). The summed E-state index contributed by atoms with van der Waals surface area (Å²) in [6, 6.07) is 0. The van der Waals surface area contributed by atoms with Gasteiger partial charge >= 0.3 is 5.97 Å². The summed E-state index contributed by atoms with van der Waals surface area (Å²) in [4.78, 5) is 10.9. The minimum atomic E-state index is -1.00. The Kier molecular flexibility index (Phi) is 1.95. The van der Waals surface area contributed by atoms with E-state index in [1.54, 1.807) is 6.92 Å². The third kappa shape index (κ3) is 1.61. The van der Waals surface area contributed by atoms with Gasteiger partial charge in [-0.3, -0.25) is 4.79 Å². The molecule has 0 aliphatic carbocycles. The molecule has 0 saturated carbocycles. The highest BCUT2D eigenvalue weighted by Crippen LogP contribution is 2.37. The number of carbonyl (C=O) groups excluding carboxylic acids is 1. The van der Waals surface area contributed by atoms with Crippen LogP contribution in [0, 0.1) is 5.41 Å². The number of carbonyl (C=O) groups is 1. The molecule has 0 radical (unpaired) electrons. The van der Waals surface area contributed by atoms with E-state index < -0.39 is 11.7 Å². The summed E-state index contributed by atoms with van der Waals surface area (Å²) in [7, 11) is 0. The Labute approximate surface area is 72.7 Å². The van der Waals surface area contributed by atoms with Gasteiger partial charge in [0.25, 0.3) is 0 Å². The molecule has 0 aromatic rings. The van der Waals surface area contributed by atoms with Crippen molar-refractivity contribution in [3.63, 3.8) is 0 Å². The van der Waals surface area contributed by atoms with E-state index in [-0.39, 0.29) is 17.8 Å². The number of aliphatic hydroxyl groups is 1. The first-order valence-electron chi connectivity index (χ1n) is 4.15. The van der Waals surface area contributed by atoms with Gasteiger partial charge in [0, 0.05) is 5.41 Å². The molecule has 70 valence electrons. The molecule has 12 heavy (non-hydrogen) atoms. The predicted molar refractivity (Wildman–Crippen MR) is 44.6 cm³/mol. The first-order valence-corrected chi connectivity index (χ1v) is 4.15. The Morgan fingerprint density at radius 2 is 2.08 bits per heavy atom. The number of hydrogen-bond donors (Lipinski definition) is 1. The standard InChI is InChI=1S/C9H16O3/c1-8(2,3)7-9(4,11)5-6(10)12-7/h7,11H,5H2,1-4H3/t7-,9-/m1/s1. The van der Waals surface area contributed by atoms with Crippen molar-refractivity contribution in [1.82, 2.24) is 0 Å². The number of ether oxygens (including phenoxy) is 1. The Bertz CT molecular complexity index is 200. The Balaban J connectivity index is 2.86. The van der Waals surface area contributed by atoms with Crippen LogP contribution < -0.4 is 0 Å². The van der Waals surface area contributed by atoms with Crippen LogP contribution in [0.3, 0.4) is 0 Å². The van der Waals surface area contributed by atoms with E-state index in [9.17, 15) is 9.90 Å². The average molecular weight is 172 g/mol. The second-order valence-corrected chi connectivity index (χ2v) is 4.77. The van der Waals surface area contributed by atoms with E-state index in [4.69, 9.17) is 4.74 Å². The van der Waals surface area contributed by atoms with E-state index in [2.05, 4.69) is 0 Å². The van der Waals surface area contributed by atoms with Gasteiger partial charge in [-0.05, 0) is 6.92 Å². The first kappa shape index (κ1) is 9.52. The third-order valence-electron chi connectivity index (χ3n) is 2.10. The zero-order valence-electron chi connectivity index (χ0n) is 8.05. The molecule has 2 atom stereocenters. The second kappa shape index (κ2) is 2.46. The fraction of sp³-hybridized carbons (Fsp3) is 0.889. The van der Waals surface area contributed by atoms with Crippen molar-refractivity contribution >= 4 is 5.97 Å². The van der Waals surface area contributed by atoms with Crippen LogP contribution in [0.25, 0.3) is 0 Å². The quantitative estimate of drug-likeness (QED) is 0.556. The zero-order chi connectivity index (χ0) is 9.57. The van der Waals surface area contributed by atoms with Crippen LogP contribution in [0.15, 0.2) is 0 Å². The van der Waals surface area contributed by atoms with Crippen molar-refractivity contribution in [3.05, 3.63) is 0 Å². The summed E-state index contributed by atoms with van der Waals surface area (Å²) in [6.07, 6.45) is -0.285. The van der Waals surface area contributed by atoms with Gasteiger partial charge in [0.2, 0.25) is 0 Å². The van der Waals surface area contributed by atoms with E-state index in [1.165, 1.54) is 0 Å². The van der Waals surface area contributed by atoms with E-state index in [1.807, 2.05) is 20.8 Å². The number of rotatable bonds is 0. The van der Waals surface area contributed by atoms with Gasteiger partial charge < -0.3 is 9.84 Å². The normalized spacial score (nSPS) is 36.8. The van der Waals surface area contributed by atoms with Crippen LogP contribution in [-0.2, 0) is 9.53 Å². The average Bonchev–Trinajstić information content (AvgIpc) is 2.02. The van der Waals surface area contributed by atoms with Gasteiger partial charge in [-0.2, -0.15) is 0 Å². The van der Waals surface area contributed by atoms with Gasteiger partial charge in [-0.15, -0.1) is 0 Å². The highest BCUT2D eigenvalue weighted by Gasteiger charge is 2.49. The zero-order valence-corrected chi connectivity index (χ0v) is 8.05. The van der Waals surface area contributed by atoms with E-state index in [0.29, 0.717) is 0 Å². The molecule has 3 nitrogen and oxygen atoms in total. The van der Waals surface area contributed by atoms with Crippen LogP contribution in [0.2, 0.25) is 0 Å². The van der Waals surface area contributed by atoms with Gasteiger partial charge in [-0.25, -0.2) is 0 Å². The van der Waals surface area contributed by atoms with Crippen molar-refractivity contribution in [2.75, 3.05) is 0 Å². The molecule has 0 spiro atoms. The summed E-state index contributed by atoms with van der Waals surface area (Å²) in [5.74, 6) is -0.306. The van der Waals surface area contributed by atoms with Crippen molar-refractivity contribution in [1.29, 1.82) is 0 Å². The molecule has 3 heteroatoms. The Morgan fingerprint density at radius 3 is 2.25 bits per heavy atom. The largest absolute Gasteiger partial charge is 0.459 e. The minimum Gasteiger partial charge on any atom is -0.459 e. The van der Waals surface area contributed by atoms with Crippen molar-refractivity contribution in [2.45, 2.75) is 45.8 Å². The minimum absolute atomic E-state index is 0.106. The smallest absolute Gasteiger partial charge is 0.309 e. The maximum absolute atomic E-state index is 10.9. The molecule has 1 fully saturated rings. The third-order valence-corrected chi connectivity index (χ3v) is 2.10. The van der Waals surface area contributed by atoms with Crippen LogP contribution in [-0.4, -0.2) is 22.8 Å². The molecule has 0 aromatic carbocycles. The highest BCUT2D eigenvalue weighted by molar-refractivity contribution is 5.73. The fourth-order valence-corrected chi connectivity index (χ4v) is 1.79. The lowest BCUT2D eigenvalue weighted by Crippen LogP contribution is -2.43. The molecule has 1 aliphatic heterocycles. The lowest BCUT2D eigenvalue weighted by molar-refractivity contribution is -0.148. The molecule has 1 heterocycles. The monoisotopic (exact) mass is 172 g/mol. The van der Waals surface area contributed by atoms with Crippen molar-refractivity contribution in [3.8, 4) is 0 Å². The van der Waals surface area contributed by atoms with Crippen LogP contribution in [0.4, 0.5) is 0 Å². The van der Waals surface area contributed by atoms with Crippen LogP contribution in [0.1, 0.15) is 34.1 Å². The molecule has 1 saturated heterocycles. The van der Waals surface area contributed by atoms with Gasteiger partial charge in [0.1, 0.15) is 11.7 Å². The fourth-order valence-electron chi connectivity index (χ4n) is 1.79. The molecule has 0 unspecified atom stereocenters. The lowest BCUT2D eigenvalue weighted by Gasteiger charge is -2.33. The SMILES string of the molecule is CC(C)(C)[C@H]1OC(=O)C[C@@]1(C)O. The van der Waals surface area contributed by atoms with E-state index >= 15 is 0 Å². The molecular weight excluding hydrogens is 156 g/mol. The van der Waals surface area contributed by atoms with Gasteiger partial charge in [0.15, 0.2) is 0 Å². The van der Waals surface area contributed by atoms with Crippen molar-refractivity contribution < 1.29 is 14.6 Å². The summed E-state index contributed by atoms with van der Waals surface area (Å²) in [6.45, 7) is 7.49. The second-order valence-electron chi connectivity index (χ2n) is 4.77. The molecule has 0 amide bonds. The summed E-state index contributed by atoms with van der Waals surface area (Å²) in [5.41, 5.74) is -1.20. The van der Waals surface area contributed by atoms with Crippen LogP contribution in [0.5, 0.6) is 0 Å². The topological polar surface area (TPSA) is 46.5 Å². The lowest BCUT2D eigenvalue weighted by atomic mass is 9.79. The van der Waals surface area contributed by atoms with Gasteiger partial charge in [-0.1, -0.05) is 20.8 Å². The maximum Gasteiger partial charge on any atom is 0.309 e. The van der Waals surface area contributed by atoms with Crippen LogP contribution >= 0.6 is 0 Å². The molecule has 0 bridgehead atoms. The number of esters is 1. The molecular formula is C9H16O3. The highest BCUT2D eigenvalue weighted by atomic mass is 16.6. The summed E-state index contributed by atoms with van der Waals surface area (Å²) >= 11 is 0. The predicted octanol–water partition coefficient (Wildman–Crippen LogP) is 1.10. The Morgan fingerprint density at radius 1 is 1.58 bits per heavy atom. The molecule has 0 aromatic heterocycles. The molecule has 1 N–H and O–H groups in total.